The molecule has 0 aromatic carbocycles. The molecule has 1 fully saturated rings. The largest absolute Gasteiger partial charge is 1.00 e. The van der Waals surface area contributed by atoms with Gasteiger partial charge in [0.1, 0.15) is 12.3 Å². The first kappa shape index (κ1) is 39.0. The molecule has 3 heterocycles. The van der Waals surface area contributed by atoms with Crippen LogP contribution in [0, 0.1) is 0 Å². The van der Waals surface area contributed by atoms with Gasteiger partial charge in [0.2, 0.25) is 5.95 Å². The predicted octanol–water partition coefficient (Wildman–Crippen LogP) is -15.4. The number of nitrogens with zero attached hydrogens (tertiary/aromatic N) is 3. The summed E-state index contributed by atoms with van der Waals surface area (Å²) in [4.78, 5) is 65.9. The number of rotatable bonds is 9. The Morgan fingerprint density at radius 1 is 1.17 bits per heavy atom. The molecule has 1 aliphatic heterocycles. The minimum Gasteiger partial charge on any atom is -0.790 e. The van der Waals surface area contributed by atoms with E-state index in [1.165, 1.54) is 17.9 Å². The van der Waals surface area contributed by atoms with E-state index in [-0.39, 0.29) is 99.0 Å². The average molecular weight is 545 g/mol. The molecule has 2 aromatic heterocycles. The average Bonchev–Trinajstić information content (AvgIpc) is 3.20. The molecule has 36 heavy (non-hydrogen) atoms. The van der Waals surface area contributed by atoms with E-state index < -0.39 is 54.1 Å². The van der Waals surface area contributed by atoms with Gasteiger partial charge in [-0.25, -0.2) is 9.29 Å². The molecule has 2 aromatic rings. The first-order chi connectivity index (χ1) is 14.7. The monoisotopic (exact) mass is 545 g/mol. The molecule has 180 valence electrons. The van der Waals surface area contributed by atoms with Gasteiger partial charge in [0, 0.05) is 13.5 Å². The number of aliphatic hydroxyl groups excluding tert-OH is 1. The maximum atomic E-state index is 12.0. The zero-order chi connectivity index (χ0) is 23.9. The molecule has 3 rings (SSSR count). The number of aromatic amines is 1. The molecule has 0 aliphatic carbocycles. The zero-order valence-corrected chi connectivity index (χ0v) is 22.4. The molecular weight excluding hydrogens is 531 g/mol. The number of H-pyrrole nitrogens is 1. The Bertz CT molecular complexity index is 1210. The fraction of sp³-hybridized carbons (Fsp3) is 0.545. The van der Waals surface area contributed by atoms with Crippen LogP contribution in [-0.4, -0.2) is 50.5 Å². The minimum absolute atomic E-state index is 0. The minimum atomic E-state index is -6.11. The molecule has 1 saturated heterocycles. The van der Waals surface area contributed by atoms with Crippen LogP contribution in [-0.2, 0) is 31.6 Å². The number of fused-ring (bicyclic) bond motifs is 1. The summed E-state index contributed by atoms with van der Waals surface area (Å²) in [7, 11) is -16.4. The molecule has 25 heteroatoms. The molecule has 0 saturated carbocycles. The molecule has 5 atom stereocenters. The van der Waals surface area contributed by atoms with E-state index in [9.17, 15) is 43.2 Å². The second-order valence-corrected chi connectivity index (χ2v) is 10.5. The number of hydrogen-bond acceptors (Lipinski definition) is 16. The van der Waals surface area contributed by atoms with Crippen molar-refractivity contribution in [3.8, 4) is 0 Å². The molecule has 18 nitrogen and oxygen atoms in total. The Balaban J connectivity index is 0. The molecule has 0 amide bonds. The second-order valence-electron chi connectivity index (χ2n) is 6.22. The van der Waals surface area contributed by atoms with Gasteiger partial charge < -0.3 is 43.8 Å². The third-order valence-electron chi connectivity index (χ3n) is 3.98. The van der Waals surface area contributed by atoms with Crippen molar-refractivity contribution in [2.45, 2.75) is 24.9 Å². The topological polar surface area (TPSA) is 276 Å². The number of aromatic nitrogens is 4. The zero-order valence-electron chi connectivity index (χ0n) is 19.8. The molecule has 5 unspecified atom stereocenters. The Kier molecular flexibility index (Phi) is 16.3. The number of nitrogens with one attached hydrogen (secondary N) is 2. The quantitative estimate of drug-likeness (QED) is 0.195. The summed E-state index contributed by atoms with van der Waals surface area (Å²) in [5.74, 6) is 0.122. The standard InChI is InChI=1S/C11H18N5O13P3.4Li/c1-12-11-14-9-8(10(18)15-11)13-4-16(9)7-2-5(17)6(27-7)3-26-31(22,23)29-32(24,25)28-30(19,20)21;;;;/h4-7,17H,2-3H2,1H3,(H,22,23)(H,24,25)(H2,19,20,21)(H2,12,14,15,18);;;;/q;4*+1/p-4. The SMILES string of the molecule is CNc1nc2c(ncn2C2CC(O)C(COP(=O)([O-])OP(=O)([O-])OP(=O)([O-])[O-])O2)c(=O)[nH]1.[Li+].[Li+].[Li+].[Li+]. The fourth-order valence-corrected chi connectivity index (χ4v) is 5.60. The third kappa shape index (κ3) is 10.4. The van der Waals surface area contributed by atoms with Crippen LogP contribution in [0.5, 0.6) is 0 Å². The summed E-state index contributed by atoms with van der Waals surface area (Å²) in [6.45, 7) is -0.951. The van der Waals surface area contributed by atoms with Crippen LogP contribution in [0.3, 0.4) is 0 Å². The van der Waals surface area contributed by atoms with Gasteiger partial charge in [0.15, 0.2) is 11.2 Å². The van der Waals surface area contributed by atoms with E-state index in [0.717, 1.165) is 0 Å². The van der Waals surface area contributed by atoms with Gasteiger partial charge in [-0.2, -0.15) is 4.98 Å². The van der Waals surface area contributed by atoms with Crippen LogP contribution in [0.25, 0.3) is 11.2 Å². The van der Waals surface area contributed by atoms with E-state index in [2.05, 4.69) is 33.4 Å². The maximum Gasteiger partial charge on any atom is 1.00 e. The van der Waals surface area contributed by atoms with Crippen LogP contribution in [0.1, 0.15) is 12.6 Å². The summed E-state index contributed by atoms with van der Waals surface area (Å²) in [5.41, 5.74) is -0.482. The summed E-state index contributed by atoms with van der Waals surface area (Å²) >= 11 is 0. The van der Waals surface area contributed by atoms with Gasteiger partial charge in [-0.15, -0.1) is 0 Å². The number of phosphoric ester groups is 1. The number of imidazole rings is 1. The molecule has 1 aliphatic rings. The Labute approximate surface area is 250 Å². The van der Waals surface area contributed by atoms with Crippen LogP contribution in [0.15, 0.2) is 11.1 Å². The smallest absolute Gasteiger partial charge is 0.790 e. The van der Waals surface area contributed by atoms with Gasteiger partial charge in [0.25, 0.3) is 21.2 Å². The van der Waals surface area contributed by atoms with E-state index in [4.69, 9.17) is 4.74 Å². The van der Waals surface area contributed by atoms with E-state index in [1.807, 2.05) is 0 Å². The van der Waals surface area contributed by atoms with Crippen LogP contribution >= 0.6 is 23.5 Å². The van der Waals surface area contributed by atoms with Crippen molar-refractivity contribution in [1.82, 2.24) is 19.5 Å². The number of phosphoric acid groups is 3. The number of ether oxygens (including phenoxy) is 1. The number of anilines is 1. The first-order valence-corrected chi connectivity index (χ1v) is 12.8. The van der Waals surface area contributed by atoms with E-state index >= 15 is 0 Å². The molecule has 0 bridgehead atoms. The second kappa shape index (κ2) is 15.0. The van der Waals surface area contributed by atoms with Crippen molar-refractivity contribution in [2.24, 2.45) is 0 Å². The normalized spacial score (nSPS) is 22.7. The van der Waals surface area contributed by atoms with Gasteiger partial charge in [-0.1, -0.05) is 0 Å². The van der Waals surface area contributed by atoms with Crippen molar-refractivity contribution in [1.29, 1.82) is 0 Å². The van der Waals surface area contributed by atoms with Crippen molar-refractivity contribution >= 4 is 40.6 Å². The molecule has 0 spiro atoms. The van der Waals surface area contributed by atoms with Crippen LogP contribution < -0.4 is 106 Å². The van der Waals surface area contributed by atoms with Crippen LogP contribution in [0.2, 0.25) is 0 Å². The summed E-state index contributed by atoms with van der Waals surface area (Å²) < 4.78 is 50.7. The number of aliphatic hydroxyl groups is 1. The van der Waals surface area contributed by atoms with Gasteiger partial charge >= 0.3 is 75.4 Å². The van der Waals surface area contributed by atoms with Crippen molar-refractivity contribution in [3.05, 3.63) is 16.7 Å². The Hall–Kier alpha value is 0.870. The molecular formula is C11H14Li4N5O13P3. The van der Waals surface area contributed by atoms with E-state index in [1.54, 1.807) is 0 Å². The summed E-state index contributed by atoms with van der Waals surface area (Å²) in [6, 6.07) is 0. The van der Waals surface area contributed by atoms with Gasteiger partial charge in [-0.05, 0) is 0 Å². The summed E-state index contributed by atoms with van der Waals surface area (Å²) in [5, 5.41) is 12.8. The van der Waals surface area contributed by atoms with Crippen molar-refractivity contribution in [3.63, 3.8) is 0 Å². The predicted molar refractivity (Wildman–Crippen MR) is 93.2 cm³/mol. The fourth-order valence-electron chi connectivity index (χ4n) is 2.74. The van der Waals surface area contributed by atoms with Crippen LogP contribution in [0.4, 0.5) is 5.95 Å². The Morgan fingerprint density at radius 3 is 2.33 bits per heavy atom. The van der Waals surface area contributed by atoms with Crippen molar-refractivity contribution < 1.29 is 132 Å². The Morgan fingerprint density at radius 2 is 1.78 bits per heavy atom. The van der Waals surface area contributed by atoms with Gasteiger partial charge in [0.05, 0.1) is 26.9 Å². The van der Waals surface area contributed by atoms with E-state index in [0.29, 0.717) is 0 Å². The first-order valence-electron chi connectivity index (χ1n) is 8.39. The third-order valence-corrected chi connectivity index (χ3v) is 7.65. The van der Waals surface area contributed by atoms with Gasteiger partial charge in [-0.3, -0.25) is 27.8 Å². The van der Waals surface area contributed by atoms with Crippen molar-refractivity contribution in [2.75, 3.05) is 19.0 Å². The molecule has 3 N–H and O–H groups in total. The maximum absolute atomic E-state index is 12.0. The number of hydrogen-bond donors (Lipinski definition) is 3. The molecule has 0 radical (unpaired) electrons. The summed E-state index contributed by atoms with van der Waals surface area (Å²) in [6.07, 6.45) is -2.52.